The number of imidazole rings is 1. The summed E-state index contributed by atoms with van der Waals surface area (Å²) in [5, 5.41) is 9.76. The number of fused-ring (bicyclic) bond motifs is 1. The van der Waals surface area contributed by atoms with Gasteiger partial charge in [0.1, 0.15) is 6.73 Å². The van der Waals surface area contributed by atoms with E-state index >= 15 is 0 Å². The topological polar surface area (TPSA) is 60.2 Å². The van der Waals surface area contributed by atoms with Crippen LogP contribution in [0.25, 0.3) is 11.0 Å². The molecule has 0 saturated heterocycles. The molecule has 0 amide bonds. The number of para-hydroxylation sites is 2. The second kappa shape index (κ2) is 7.40. The minimum absolute atomic E-state index is 0.0169. The van der Waals surface area contributed by atoms with Crippen molar-refractivity contribution in [2.45, 2.75) is 17.6 Å². The number of ether oxygens (including phenoxy) is 1. The summed E-state index contributed by atoms with van der Waals surface area (Å²) in [7, 11) is 0. The second-order valence-electron chi connectivity index (χ2n) is 4.68. The van der Waals surface area contributed by atoms with Crippen molar-refractivity contribution in [1.82, 2.24) is 14.5 Å². The van der Waals surface area contributed by atoms with E-state index in [1.807, 2.05) is 47.0 Å². The zero-order valence-electron chi connectivity index (χ0n) is 12.1. The van der Waals surface area contributed by atoms with Crippen LogP contribution in [0.4, 0.5) is 0 Å². The highest BCUT2D eigenvalue weighted by molar-refractivity contribution is 7.98. The number of aliphatic hydroxyl groups excluding tert-OH is 1. The summed E-state index contributed by atoms with van der Waals surface area (Å²) in [6.07, 6.45) is 1.79. The van der Waals surface area contributed by atoms with E-state index in [1.54, 1.807) is 18.0 Å². The number of thioether (sulfide) groups is 1. The first-order valence-corrected chi connectivity index (χ1v) is 8.03. The van der Waals surface area contributed by atoms with Gasteiger partial charge in [0.15, 0.2) is 5.16 Å². The van der Waals surface area contributed by atoms with E-state index in [-0.39, 0.29) is 6.61 Å². The molecule has 6 heteroatoms. The number of rotatable bonds is 7. The van der Waals surface area contributed by atoms with Crippen LogP contribution in [-0.2, 0) is 17.2 Å². The minimum atomic E-state index is 0.0169. The molecule has 2 aromatic heterocycles. The van der Waals surface area contributed by atoms with Gasteiger partial charge in [-0.15, -0.1) is 0 Å². The van der Waals surface area contributed by atoms with Crippen LogP contribution in [0.2, 0.25) is 0 Å². The van der Waals surface area contributed by atoms with Gasteiger partial charge in [-0.05, 0) is 24.3 Å². The fourth-order valence-corrected chi connectivity index (χ4v) is 3.05. The lowest BCUT2D eigenvalue weighted by Crippen LogP contribution is -2.07. The van der Waals surface area contributed by atoms with E-state index in [0.717, 1.165) is 27.6 Å². The molecule has 0 saturated carbocycles. The number of aliphatic hydroxyl groups is 1. The van der Waals surface area contributed by atoms with Gasteiger partial charge in [0.25, 0.3) is 0 Å². The monoisotopic (exact) mass is 315 g/mol. The molecule has 0 atom stereocenters. The molecule has 1 N–H and O–H groups in total. The predicted octanol–water partition coefficient (Wildman–Crippen LogP) is 2.69. The standard InChI is InChI=1S/C16H17N3O2S/c20-9-10-21-12-19-15-7-2-1-6-14(15)18-16(19)22-11-13-5-3-4-8-17-13/h1-8,20H,9-12H2. The molecule has 0 bridgehead atoms. The Bertz CT molecular complexity index is 731. The highest BCUT2D eigenvalue weighted by Gasteiger charge is 2.11. The molecule has 0 fully saturated rings. The second-order valence-corrected chi connectivity index (χ2v) is 5.62. The van der Waals surface area contributed by atoms with E-state index < -0.39 is 0 Å². The van der Waals surface area contributed by atoms with Crippen molar-refractivity contribution in [2.24, 2.45) is 0 Å². The van der Waals surface area contributed by atoms with Crippen molar-refractivity contribution in [3.63, 3.8) is 0 Å². The van der Waals surface area contributed by atoms with Crippen LogP contribution in [0.5, 0.6) is 0 Å². The summed E-state index contributed by atoms with van der Waals surface area (Å²) in [4.78, 5) is 8.99. The number of hydrogen-bond acceptors (Lipinski definition) is 5. The largest absolute Gasteiger partial charge is 0.394 e. The Balaban J connectivity index is 1.82. The van der Waals surface area contributed by atoms with Crippen molar-refractivity contribution in [3.05, 3.63) is 54.4 Å². The molecule has 1 aromatic carbocycles. The molecule has 22 heavy (non-hydrogen) atoms. The lowest BCUT2D eigenvalue weighted by Gasteiger charge is -2.09. The van der Waals surface area contributed by atoms with E-state index in [1.165, 1.54) is 0 Å². The minimum Gasteiger partial charge on any atom is -0.394 e. The van der Waals surface area contributed by atoms with Gasteiger partial charge >= 0.3 is 0 Å². The summed E-state index contributed by atoms with van der Waals surface area (Å²) < 4.78 is 7.50. The number of hydrogen-bond donors (Lipinski definition) is 1. The van der Waals surface area contributed by atoms with Crippen LogP contribution in [0.3, 0.4) is 0 Å². The normalized spacial score (nSPS) is 11.1. The lowest BCUT2D eigenvalue weighted by atomic mass is 10.3. The third kappa shape index (κ3) is 3.47. The molecule has 2 heterocycles. The van der Waals surface area contributed by atoms with Crippen LogP contribution in [0.1, 0.15) is 5.69 Å². The van der Waals surface area contributed by atoms with E-state index in [9.17, 15) is 0 Å². The van der Waals surface area contributed by atoms with Crippen LogP contribution < -0.4 is 0 Å². The highest BCUT2D eigenvalue weighted by atomic mass is 32.2. The molecule has 114 valence electrons. The molecular weight excluding hydrogens is 298 g/mol. The Morgan fingerprint density at radius 3 is 2.82 bits per heavy atom. The Hall–Kier alpha value is -1.89. The number of pyridine rings is 1. The molecule has 0 unspecified atom stereocenters. The summed E-state index contributed by atoms with van der Waals surface area (Å²) in [5.41, 5.74) is 2.99. The van der Waals surface area contributed by atoms with Crippen molar-refractivity contribution in [3.8, 4) is 0 Å². The fraction of sp³-hybridized carbons (Fsp3) is 0.250. The van der Waals surface area contributed by atoms with Crippen molar-refractivity contribution in [1.29, 1.82) is 0 Å². The van der Waals surface area contributed by atoms with E-state index in [4.69, 9.17) is 9.84 Å². The van der Waals surface area contributed by atoms with Gasteiger partial charge in [-0.25, -0.2) is 4.98 Å². The average molecular weight is 315 g/mol. The zero-order valence-corrected chi connectivity index (χ0v) is 12.9. The Kier molecular flexibility index (Phi) is 5.05. The fourth-order valence-electron chi connectivity index (χ4n) is 2.13. The van der Waals surface area contributed by atoms with Crippen molar-refractivity contribution in [2.75, 3.05) is 13.2 Å². The van der Waals surface area contributed by atoms with Gasteiger partial charge in [0.2, 0.25) is 0 Å². The molecule has 0 spiro atoms. The predicted molar refractivity (Wildman–Crippen MR) is 86.6 cm³/mol. The number of benzene rings is 1. The Morgan fingerprint density at radius 1 is 1.14 bits per heavy atom. The van der Waals surface area contributed by atoms with Gasteiger partial charge in [-0.3, -0.25) is 9.55 Å². The first-order chi connectivity index (χ1) is 10.9. The third-order valence-corrected chi connectivity index (χ3v) is 4.16. The van der Waals surface area contributed by atoms with Crippen LogP contribution in [0, 0.1) is 0 Å². The first-order valence-electron chi connectivity index (χ1n) is 7.05. The number of aromatic nitrogens is 3. The van der Waals surface area contributed by atoms with Crippen LogP contribution in [0.15, 0.2) is 53.8 Å². The summed E-state index contributed by atoms with van der Waals surface area (Å²) in [6, 6.07) is 13.9. The Morgan fingerprint density at radius 2 is 2.00 bits per heavy atom. The molecule has 5 nitrogen and oxygen atoms in total. The summed E-state index contributed by atoms with van der Waals surface area (Å²) in [5.74, 6) is 0.754. The third-order valence-electron chi connectivity index (χ3n) is 3.15. The van der Waals surface area contributed by atoms with E-state index in [0.29, 0.717) is 13.3 Å². The summed E-state index contributed by atoms with van der Waals surface area (Å²) in [6.45, 7) is 0.714. The average Bonchev–Trinajstić information content (AvgIpc) is 2.92. The number of nitrogens with zero attached hydrogens (tertiary/aromatic N) is 3. The molecule has 0 aliphatic carbocycles. The molecule has 0 aliphatic heterocycles. The first kappa shape index (κ1) is 15.0. The van der Waals surface area contributed by atoms with E-state index in [2.05, 4.69) is 9.97 Å². The molecular formula is C16H17N3O2S. The van der Waals surface area contributed by atoms with Gasteiger partial charge in [-0.1, -0.05) is 30.0 Å². The summed E-state index contributed by atoms with van der Waals surface area (Å²) >= 11 is 1.63. The van der Waals surface area contributed by atoms with Gasteiger partial charge in [0, 0.05) is 11.9 Å². The SMILES string of the molecule is OCCOCn1c(SCc2ccccn2)nc2ccccc21. The molecule has 3 aromatic rings. The quantitative estimate of drug-likeness (QED) is 0.536. The lowest BCUT2D eigenvalue weighted by molar-refractivity contribution is 0.0461. The van der Waals surface area contributed by atoms with Crippen molar-refractivity contribution < 1.29 is 9.84 Å². The smallest absolute Gasteiger partial charge is 0.171 e. The highest BCUT2D eigenvalue weighted by Crippen LogP contribution is 2.26. The van der Waals surface area contributed by atoms with Crippen LogP contribution >= 0.6 is 11.8 Å². The van der Waals surface area contributed by atoms with Gasteiger partial charge in [-0.2, -0.15) is 0 Å². The molecule has 3 rings (SSSR count). The molecule has 0 radical (unpaired) electrons. The molecule has 0 aliphatic rings. The maximum atomic E-state index is 8.87. The van der Waals surface area contributed by atoms with Crippen molar-refractivity contribution >= 4 is 22.8 Å². The van der Waals surface area contributed by atoms with Gasteiger partial charge < -0.3 is 9.84 Å². The maximum absolute atomic E-state index is 8.87. The Labute approximate surface area is 133 Å². The van der Waals surface area contributed by atoms with Crippen LogP contribution in [-0.4, -0.2) is 32.9 Å². The zero-order chi connectivity index (χ0) is 15.2. The maximum Gasteiger partial charge on any atom is 0.171 e. The van der Waals surface area contributed by atoms with Gasteiger partial charge in [0.05, 0.1) is 29.9 Å².